The lowest BCUT2D eigenvalue weighted by molar-refractivity contribution is -0.143. The van der Waals surface area contributed by atoms with Crippen molar-refractivity contribution < 1.29 is 38.1 Å². The number of carbonyl (C=O) groups excluding carboxylic acids is 4. The Morgan fingerprint density at radius 1 is 0.760 bits per heavy atom. The van der Waals surface area contributed by atoms with Crippen LogP contribution in [0.5, 0.6) is 0 Å². The molecular weight excluding hydrogens is 334 g/mol. The number of hydrogen-bond donors (Lipinski definition) is 0. The summed E-state index contributed by atoms with van der Waals surface area (Å²) in [6, 6.07) is 0. The van der Waals surface area contributed by atoms with Crippen LogP contribution in [0, 0.1) is 0 Å². The van der Waals surface area contributed by atoms with Gasteiger partial charge in [0, 0.05) is 0 Å². The third-order valence-electron chi connectivity index (χ3n) is 2.41. The summed E-state index contributed by atoms with van der Waals surface area (Å²) in [6.45, 7) is 6.59. The molecule has 0 aromatic carbocycles. The maximum atomic E-state index is 12.0. The summed E-state index contributed by atoms with van der Waals surface area (Å²) in [4.78, 5) is 50.9. The molecular formula is C16H23NO8. The molecule has 0 saturated heterocycles. The number of rotatable bonds is 10. The fourth-order valence-corrected chi connectivity index (χ4v) is 1.50. The average Bonchev–Trinajstić information content (AvgIpc) is 2.54. The summed E-state index contributed by atoms with van der Waals surface area (Å²) in [5, 5.41) is 0. The third kappa shape index (κ3) is 9.23. The van der Waals surface area contributed by atoms with E-state index in [-0.39, 0.29) is 32.1 Å². The minimum atomic E-state index is -0.943. The third-order valence-corrected chi connectivity index (χ3v) is 2.41. The van der Waals surface area contributed by atoms with Crippen LogP contribution < -0.4 is 0 Å². The fraction of sp³-hybridized carbons (Fsp3) is 0.562. The Kier molecular flexibility index (Phi) is 11.3. The highest BCUT2D eigenvalue weighted by Crippen LogP contribution is 2.06. The Morgan fingerprint density at radius 2 is 1.28 bits per heavy atom. The van der Waals surface area contributed by atoms with Crippen molar-refractivity contribution in [1.29, 1.82) is 0 Å². The summed E-state index contributed by atoms with van der Waals surface area (Å²) in [6.07, 6.45) is 0.262. The lowest BCUT2D eigenvalue weighted by atomic mass is 10.2. The molecule has 0 heterocycles. The molecule has 0 bridgehead atoms. The number of hydrogen-bond acceptors (Lipinski definition) is 9. The van der Waals surface area contributed by atoms with E-state index in [0.29, 0.717) is 0 Å². The summed E-state index contributed by atoms with van der Waals surface area (Å²) in [5.74, 6) is -3.42. The molecule has 0 aromatic rings. The van der Waals surface area contributed by atoms with Gasteiger partial charge in [-0.3, -0.25) is 4.79 Å². The zero-order valence-electron chi connectivity index (χ0n) is 14.8. The molecule has 0 amide bonds. The number of nitrogens with zero attached hydrogens (tertiary/aromatic N) is 1. The van der Waals surface area contributed by atoms with Crippen molar-refractivity contribution in [3.05, 3.63) is 11.8 Å². The second kappa shape index (κ2) is 12.7. The lowest BCUT2D eigenvalue weighted by Gasteiger charge is -2.08. The van der Waals surface area contributed by atoms with E-state index in [1.807, 2.05) is 0 Å². The first-order valence-corrected chi connectivity index (χ1v) is 7.85. The van der Waals surface area contributed by atoms with Gasteiger partial charge < -0.3 is 18.9 Å². The van der Waals surface area contributed by atoms with Crippen molar-refractivity contribution in [2.75, 3.05) is 26.4 Å². The molecule has 0 unspecified atom stereocenters. The van der Waals surface area contributed by atoms with Crippen molar-refractivity contribution in [3.63, 3.8) is 0 Å². The van der Waals surface area contributed by atoms with Gasteiger partial charge >= 0.3 is 23.9 Å². The molecule has 0 aliphatic carbocycles. The van der Waals surface area contributed by atoms with E-state index in [2.05, 4.69) is 4.99 Å². The monoisotopic (exact) mass is 357 g/mol. The summed E-state index contributed by atoms with van der Waals surface area (Å²) < 4.78 is 19.1. The van der Waals surface area contributed by atoms with E-state index in [4.69, 9.17) is 18.9 Å². The van der Waals surface area contributed by atoms with Gasteiger partial charge in [0.15, 0.2) is 5.70 Å². The molecule has 0 N–H and O–H groups in total. The minimum absolute atomic E-state index is 0.0289. The van der Waals surface area contributed by atoms with E-state index in [9.17, 15) is 19.2 Å². The van der Waals surface area contributed by atoms with E-state index in [1.54, 1.807) is 27.7 Å². The maximum absolute atomic E-state index is 12.0. The first-order valence-electron chi connectivity index (χ1n) is 7.85. The van der Waals surface area contributed by atoms with Gasteiger partial charge in [0.05, 0.1) is 38.9 Å². The largest absolute Gasteiger partial charge is 0.466 e. The lowest BCUT2D eigenvalue weighted by Crippen LogP contribution is -2.23. The Labute approximate surface area is 146 Å². The normalized spacial score (nSPS) is 11.5. The van der Waals surface area contributed by atoms with Crippen molar-refractivity contribution in [2.24, 2.45) is 4.99 Å². The molecule has 0 atom stereocenters. The molecule has 25 heavy (non-hydrogen) atoms. The molecule has 140 valence electrons. The highest BCUT2D eigenvalue weighted by Gasteiger charge is 2.22. The van der Waals surface area contributed by atoms with Gasteiger partial charge in [-0.2, -0.15) is 0 Å². The molecule has 0 rings (SSSR count). The standard InChI is InChI=1S/C16H23NO8/c1-5-22-13(18)9-11(15(20)24-7-3)17-12(16(21)25-8-4)10-14(19)23-6-2/h9H,5-8,10H2,1-4H3/b11-9+,17-12?. The Morgan fingerprint density at radius 3 is 1.80 bits per heavy atom. The van der Waals surface area contributed by atoms with Crippen LogP contribution in [-0.4, -0.2) is 56.0 Å². The predicted octanol–water partition coefficient (Wildman–Crippen LogP) is 0.954. The quantitative estimate of drug-likeness (QED) is 0.245. The van der Waals surface area contributed by atoms with Gasteiger partial charge in [-0.05, 0) is 27.7 Å². The fourth-order valence-electron chi connectivity index (χ4n) is 1.50. The van der Waals surface area contributed by atoms with E-state index < -0.39 is 36.0 Å². The van der Waals surface area contributed by atoms with Gasteiger partial charge in [-0.25, -0.2) is 19.4 Å². The van der Waals surface area contributed by atoms with Crippen LogP contribution in [0.25, 0.3) is 0 Å². The topological polar surface area (TPSA) is 118 Å². The van der Waals surface area contributed by atoms with Crippen LogP contribution >= 0.6 is 0 Å². The van der Waals surface area contributed by atoms with E-state index in [1.165, 1.54) is 0 Å². The van der Waals surface area contributed by atoms with Crippen LogP contribution in [0.15, 0.2) is 16.8 Å². The van der Waals surface area contributed by atoms with Gasteiger partial charge in [0.25, 0.3) is 0 Å². The van der Waals surface area contributed by atoms with Gasteiger partial charge in [-0.1, -0.05) is 0 Å². The first kappa shape index (κ1) is 22.3. The predicted molar refractivity (Wildman–Crippen MR) is 86.7 cm³/mol. The SMILES string of the molecule is CCOC(=O)/C=C(/N=C(CC(=O)OCC)C(=O)OCC)C(=O)OCC. The highest BCUT2D eigenvalue weighted by molar-refractivity contribution is 6.40. The number of ether oxygens (including phenoxy) is 4. The van der Waals surface area contributed by atoms with Gasteiger partial charge in [0.1, 0.15) is 5.71 Å². The number of esters is 4. The first-order chi connectivity index (χ1) is 11.9. The molecule has 0 saturated carbocycles. The molecule has 0 radical (unpaired) electrons. The Hall–Kier alpha value is -2.71. The summed E-state index contributed by atoms with van der Waals surface area (Å²) >= 11 is 0. The van der Waals surface area contributed by atoms with Gasteiger partial charge in [-0.15, -0.1) is 0 Å². The minimum Gasteiger partial charge on any atom is -0.466 e. The molecule has 0 spiro atoms. The summed E-state index contributed by atoms with van der Waals surface area (Å²) in [5.41, 5.74) is -0.864. The van der Waals surface area contributed by atoms with Crippen LogP contribution in [0.2, 0.25) is 0 Å². The van der Waals surface area contributed by atoms with Gasteiger partial charge in [0.2, 0.25) is 0 Å². The van der Waals surface area contributed by atoms with E-state index >= 15 is 0 Å². The van der Waals surface area contributed by atoms with Crippen LogP contribution in [0.4, 0.5) is 0 Å². The molecule has 0 aliphatic heterocycles. The zero-order valence-corrected chi connectivity index (χ0v) is 14.8. The highest BCUT2D eigenvalue weighted by atomic mass is 16.5. The molecule has 0 aromatic heterocycles. The van der Waals surface area contributed by atoms with E-state index in [0.717, 1.165) is 6.08 Å². The smallest absolute Gasteiger partial charge is 0.357 e. The second-order valence-electron chi connectivity index (χ2n) is 4.26. The average molecular weight is 357 g/mol. The van der Waals surface area contributed by atoms with Crippen LogP contribution in [-0.2, 0) is 38.1 Å². The zero-order chi connectivity index (χ0) is 19.2. The van der Waals surface area contributed by atoms with Crippen molar-refractivity contribution in [3.8, 4) is 0 Å². The van der Waals surface area contributed by atoms with Crippen LogP contribution in [0.3, 0.4) is 0 Å². The van der Waals surface area contributed by atoms with Crippen LogP contribution in [0.1, 0.15) is 34.1 Å². The molecule has 9 nitrogen and oxygen atoms in total. The van der Waals surface area contributed by atoms with Crippen molar-refractivity contribution in [1.82, 2.24) is 0 Å². The summed E-state index contributed by atoms with van der Waals surface area (Å²) in [7, 11) is 0. The molecule has 9 heteroatoms. The second-order valence-corrected chi connectivity index (χ2v) is 4.26. The van der Waals surface area contributed by atoms with Crippen molar-refractivity contribution in [2.45, 2.75) is 34.1 Å². The number of aliphatic imine (C=N–C) groups is 1. The molecule has 0 aliphatic rings. The molecule has 0 fully saturated rings. The Bertz CT molecular complexity index is 550. The van der Waals surface area contributed by atoms with Crippen molar-refractivity contribution >= 4 is 29.6 Å². The maximum Gasteiger partial charge on any atom is 0.357 e. The Balaban J connectivity index is 5.75. The number of carbonyl (C=O) groups is 4.